The molecule has 1 saturated carbocycles. The zero-order valence-corrected chi connectivity index (χ0v) is 12.6. The summed E-state index contributed by atoms with van der Waals surface area (Å²) in [5.74, 6) is 0.570. The average molecular weight is 300 g/mol. The standard InChI is InChI=1S/C14H21FN2O2S/c1-3-10-4-6-13(9(10)2)17-14-7-5-11(8-12(14)15)20(16,18)19/h5,7-10,13,17H,3-4,6H2,1-2H3,(H2,16,18,19). The van der Waals surface area contributed by atoms with Gasteiger partial charge in [0.25, 0.3) is 0 Å². The lowest BCUT2D eigenvalue weighted by Gasteiger charge is -2.22. The van der Waals surface area contributed by atoms with E-state index >= 15 is 0 Å². The number of sulfonamides is 1. The molecule has 4 nitrogen and oxygen atoms in total. The SMILES string of the molecule is CCC1CCC(Nc2ccc(S(N)(=O)=O)cc2F)C1C. The molecule has 3 unspecified atom stereocenters. The van der Waals surface area contributed by atoms with Crippen LogP contribution in [0.3, 0.4) is 0 Å². The van der Waals surface area contributed by atoms with E-state index < -0.39 is 15.8 Å². The van der Waals surface area contributed by atoms with Crippen LogP contribution in [0, 0.1) is 17.7 Å². The smallest absolute Gasteiger partial charge is 0.238 e. The van der Waals surface area contributed by atoms with Gasteiger partial charge in [0, 0.05) is 6.04 Å². The van der Waals surface area contributed by atoms with Crippen molar-refractivity contribution in [3.8, 4) is 0 Å². The van der Waals surface area contributed by atoms with E-state index in [1.807, 2.05) is 0 Å². The summed E-state index contributed by atoms with van der Waals surface area (Å²) in [7, 11) is -3.86. The van der Waals surface area contributed by atoms with Gasteiger partial charge in [-0.15, -0.1) is 0 Å². The zero-order chi connectivity index (χ0) is 14.9. The first-order chi connectivity index (χ1) is 9.32. The van der Waals surface area contributed by atoms with Gasteiger partial charge in [0.1, 0.15) is 5.82 Å². The Bertz CT molecular complexity index is 589. The van der Waals surface area contributed by atoms with Crippen molar-refractivity contribution in [3.05, 3.63) is 24.0 Å². The van der Waals surface area contributed by atoms with E-state index in [1.165, 1.54) is 12.1 Å². The molecular formula is C14H21FN2O2S. The summed E-state index contributed by atoms with van der Waals surface area (Å²) in [6, 6.07) is 3.97. The predicted octanol–water partition coefficient (Wildman–Crippen LogP) is 2.71. The molecule has 1 aromatic carbocycles. The van der Waals surface area contributed by atoms with Crippen LogP contribution in [0.25, 0.3) is 0 Å². The molecule has 1 fully saturated rings. The lowest BCUT2D eigenvalue weighted by molar-refractivity contribution is 0.391. The van der Waals surface area contributed by atoms with Gasteiger partial charge in [0.15, 0.2) is 0 Å². The fourth-order valence-corrected chi connectivity index (χ4v) is 3.54. The summed E-state index contributed by atoms with van der Waals surface area (Å²) < 4.78 is 36.3. The average Bonchev–Trinajstić information content (AvgIpc) is 2.71. The summed E-state index contributed by atoms with van der Waals surface area (Å²) in [5, 5.41) is 8.17. The van der Waals surface area contributed by atoms with Gasteiger partial charge in [-0.25, -0.2) is 17.9 Å². The topological polar surface area (TPSA) is 72.2 Å². The highest BCUT2D eigenvalue weighted by molar-refractivity contribution is 7.89. The Morgan fingerprint density at radius 2 is 2.10 bits per heavy atom. The maximum absolute atomic E-state index is 14.0. The summed E-state index contributed by atoms with van der Waals surface area (Å²) in [6.07, 6.45) is 3.29. The third-order valence-electron chi connectivity index (χ3n) is 4.36. The lowest BCUT2D eigenvalue weighted by atomic mass is 9.93. The van der Waals surface area contributed by atoms with Gasteiger partial charge in [-0.3, -0.25) is 0 Å². The number of benzene rings is 1. The second kappa shape index (κ2) is 5.69. The Morgan fingerprint density at radius 3 is 2.60 bits per heavy atom. The fraction of sp³-hybridized carbons (Fsp3) is 0.571. The second-order valence-corrected chi connectivity index (χ2v) is 7.10. The van der Waals surface area contributed by atoms with Crippen LogP contribution in [-0.4, -0.2) is 14.5 Å². The highest BCUT2D eigenvalue weighted by atomic mass is 32.2. The van der Waals surface area contributed by atoms with Gasteiger partial charge in [-0.05, 0) is 42.9 Å². The third kappa shape index (κ3) is 3.12. The monoisotopic (exact) mass is 300 g/mol. The van der Waals surface area contributed by atoms with Crippen molar-refractivity contribution >= 4 is 15.7 Å². The first-order valence-corrected chi connectivity index (χ1v) is 8.46. The molecule has 112 valence electrons. The first kappa shape index (κ1) is 15.3. The quantitative estimate of drug-likeness (QED) is 0.898. The van der Waals surface area contributed by atoms with Crippen LogP contribution in [-0.2, 0) is 10.0 Å². The zero-order valence-electron chi connectivity index (χ0n) is 11.8. The van der Waals surface area contributed by atoms with E-state index in [1.54, 1.807) is 0 Å². The van der Waals surface area contributed by atoms with E-state index in [-0.39, 0.29) is 10.9 Å². The number of primary sulfonamides is 1. The van der Waals surface area contributed by atoms with E-state index in [0.717, 1.165) is 25.3 Å². The molecule has 20 heavy (non-hydrogen) atoms. The molecule has 3 N–H and O–H groups in total. The van der Waals surface area contributed by atoms with Gasteiger partial charge in [-0.1, -0.05) is 20.3 Å². The van der Waals surface area contributed by atoms with Crippen LogP contribution in [0.5, 0.6) is 0 Å². The predicted molar refractivity (Wildman–Crippen MR) is 77.4 cm³/mol. The molecule has 0 aliphatic heterocycles. The van der Waals surface area contributed by atoms with Crippen molar-refractivity contribution in [3.63, 3.8) is 0 Å². The number of anilines is 1. The van der Waals surface area contributed by atoms with Crippen LogP contribution in [0.4, 0.5) is 10.1 Å². The number of nitrogens with two attached hydrogens (primary N) is 1. The Hall–Kier alpha value is -1.14. The van der Waals surface area contributed by atoms with E-state index in [2.05, 4.69) is 19.2 Å². The minimum Gasteiger partial charge on any atom is -0.380 e. The Morgan fingerprint density at radius 1 is 1.40 bits per heavy atom. The molecule has 6 heteroatoms. The largest absolute Gasteiger partial charge is 0.380 e. The van der Waals surface area contributed by atoms with E-state index in [0.29, 0.717) is 17.5 Å². The van der Waals surface area contributed by atoms with E-state index in [9.17, 15) is 12.8 Å². The van der Waals surface area contributed by atoms with Gasteiger partial charge >= 0.3 is 0 Å². The number of hydrogen-bond donors (Lipinski definition) is 2. The summed E-state index contributed by atoms with van der Waals surface area (Å²) in [4.78, 5) is -0.202. The molecule has 0 heterocycles. The fourth-order valence-electron chi connectivity index (χ4n) is 3.02. The van der Waals surface area contributed by atoms with Crippen molar-refractivity contribution in [1.29, 1.82) is 0 Å². The van der Waals surface area contributed by atoms with Crippen molar-refractivity contribution in [1.82, 2.24) is 0 Å². The Kier molecular flexibility index (Phi) is 4.34. The van der Waals surface area contributed by atoms with Gasteiger partial charge in [0.2, 0.25) is 10.0 Å². The third-order valence-corrected chi connectivity index (χ3v) is 5.27. The molecule has 0 aromatic heterocycles. The molecular weight excluding hydrogens is 279 g/mol. The molecule has 1 aliphatic rings. The maximum Gasteiger partial charge on any atom is 0.238 e. The molecule has 0 radical (unpaired) electrons. The highest BCUT2D eigenvalue weighted by Crippen LogP contribution is 2.36. The number of hydrogen-bond acceptors (Lipinski definition) is 3. The second-order valence-electron chi connectivity index (χ2n) is 5.54. The first-order valence-electron chi connectivity index (χ1n) is 6.91. The molecule has 0 amide bonds. The van der Waals surface area contributed by atoms with E-state index in [4.69, 9.17) is 5.14 Å². The minimum absolute atomic E-state index is 0.202. The summed E-state index contributed by atoms with van der Waals surface area (Å²) in [6.45, 7) is 4.35. The maximum atomic E-state index is 14.0. The molecule has 0 spiro atoms. The molecule has 3 atom stereocenters. The minimum atomic E-state index is -3.86. The molecule has 1 aromatic rings. The van der Waals surface area contributed by atoms with Gasteiger partial charge in [0.05, 0.1) is 10.6 Å². The van der Waals surface area contributed by atoms with Crippen molar-refractivity contribution in [2.24, 2.45) is 17.0 Å². The van der Waals surface area contributed by atoms with Crippen LogP contribution < -0.4 is 10.5 Å². The number of rotatable bonds is 4. The van der Waals surface area contributed by atoms with Gasteiger partial charge < -0.3 is 5.32 Å². The Balaban J connectivity index is 2.15. The van der Waals surface area contributed by atoms with Crippen LogP contribution >= 0.6 is 0 Å². The Labute approximate surface area is 119 Å². The molecule has 0 saturated heterocycles. The number of halogens is 1. The normalized spacial score (nSPS) is 26.7. The molecule has 2 rings (SSSR count). The summed E-state index contributed by atoms with van der Waals surface area (Å²) in [5.41, 5.74) is 0.339. The molecule has 0 bridgehead atoms. The van der Waals surface area contributed by atoms with Crippen molar-refractivity contribution in [2.45, 2.75) is 44.0 Å². The highest BCUT2D eigenvalue weighted by Gasteiger charge is 2.31. The van der Waals surface area contributed by atoms with Gasteiger partial charge in [-0.2, -0.15) is 0 Å². The van der Waals surface area contributed by atoms with Crippen LogP contribution in [0.1, 0.15) is 33.1 Å². The van der Waals surface area contributed by atoms with Crippen LogP contribution in [0.15, 0.2) is 23.1 Å². The lowest BCUT2D eigenvalue weighted by Crippen LogP contribution is -2.25. The number of nitrogens with one attached hydrogen (secondary N) is 1. The molecule has 1 aliphatic carbocycles. The van der Waals surface area contributed by atoms with Crippen LogP contribution in [0.2, 0.25) is 0 Å². The van der Waals surface area contributed by atoms with Crippen molar-refractivity contribution in [2.75, 3.05) is 5.32 Å². The van der Waals surface area contributed by atoms with Crippen molar-refractivity contribution < 1.29 is 12.8 Å². The summed E-state index contributed by atoms with van der Waals surface area (Å²) >= 11 is 0.